The molecule has 2 aliphatic rings. The number of para-hydroxylation sites is 1. The Hall–Kier alpha value is -3.72. The predicted molar refractivity (Wildman–Crippen MR) is 179 cm³/mol. The molecule has 8 heteroatoms. The van der Waals surface area contributed by atoms with E-state index < -0.39 is 17.7 Å². The van der Waals surface area contributed by atoms with Gasteiger partial charge in [-0.3, -0.25) is 14.5 Å². The Morgan fingerprint density at radius 1 is 0.956 bits per heavy atom. The van der Waals surface area contributed by atoms with E-state index in [-0.39, 0.29) is 18.0 Å². The summed E-state index contributed by atoms with van der Waals surface area (Å²) in [5, 5.41) is 3.52. The van der Waals surface area contributed by atoms with Gasteiger partial charge in [-0.25, -0.2) is 0 Å². The van der Waals surface area contributed by atoms with Crippen LogP contribution in [0.1, 0.15) is 53.7 Å². The van der Waals surface area contributed by atoms with E-state index in [0.717, 1.165) is 60.7 Å². The number of ether oxygens (including phenoxy) is 1. The van der Waals surface area contributed by atoms with Crippen LogP contribution in [-0.2, 0) is 22.6 Å². The number of nitrogens with zero attached hydrogens (tertiary/aromatic N) is 3. The highest BCUT2D eigenvalue weighted by Crippen LogP contribution is 2.38. The summed E-state index contributed by atoms with van der Waals surface area (Å²) >= 11 is 0. The van der Waals surface area contributed by atoms with Crippen LogP contribution in [0.25, 0.3) is 0 Å². The molecule has 4 unspecified atom stereocenters. The second kappa shape index (κ2) is 15.0. The molecule has 3 aromatic rings. The number of nitrogens with one attached hydrogen (secondary N) is 1. The third-order valence-corrected chi connectivity index (χ3v) is 9.81. The molecule has 8 nitrogen and oxygen atoms in total. The maximum Gasteiger partial charge on any atom is 0.226 e. The quantitative estimate of drug-likeness (QED) is 0.299. The Kier molecular flexibility index (Phi) is 10.9. The van der Waals surface area contributed by atoms with Crippen molar-refractivity contribution in [2.45, 2.75) is 45.8 Å². The maximum absolute atomic E-state index is 14.5. The van der Waals surface area contributed by atoms with E-state index in [9.17, 15) is 9.59 Å². The number of aryl methyl sites for hydroxylation is 1. The predicted octanol–water partition coefficient (Wildman–Crippen LogP) is 4.34. The SMILES string of the molecule is CCN(CC)CC(c1ccccc1OC)N1CCN(C(=O)C(Cc2ccc(C)cc2)C(C(N)=O)C2NCc3ccccc32)CC1. The van der Waals surface area contributed by atoms with E-state index in [4.69, 9.17) is 10.5 Å². The van der Waals surface area contributed by atoms with Crippen LogP contribution in [0.15, 0.2) is 72.8 Å². The molecule has 0 spiro atoms. The Balaban J connectivity index is 1.40. The number of primary amides is 1. The lowest BCUT2D eigenvalue weighted by Gasteiger charge is -2.43. The zero-order chi connectivity index (χ0) is 31.9. The van der Waals surface area contributed by atoms with E-state index in [1.54, 1.807) is 7.11 Å². The molecular weight excluding hydrogens is 562 g/mol. The molecular formula is C37H49N5O3. The molecule has 5 rings (SSSR count). The van der Waals surface area contributed by atoms with Crippen LogP contribution in [0.3, 0.4) is 0 Å². The fourth-order valence-corrected chi connectivity index (χ4v) is 7.16. The van der Waals surface area contributed by atoms with Crippen molar-refractivity contribution in [2.75, 3.05) is 52.9 Å². The minimum Gasteiger partial charge on any atom is -0.496 e. The van der Waals surface area contributed by atoms with Crippen molar-refractivity contribution in [3.8, 4) is 5.75 Å². The number of carbonyl (C=O) groups excluding carboxylic acids is 2. The Labute approximate surface area is 268 Å². The van der Waals surface area contributed by atoms with Crippen molar-refractivity contribution in [2.24, 2.45) is 17.6 Å². The Morgan fingerprint density at radius 3 is 2.29 bits per heavy atom. The summed E-state index contributed by atoms with van der Waals surface area (Å²) < 4.78 is 5.78. The second-order valence-corrected chi connectivity index (χ2v) is 12.4. The molecule has 0 aliphatic carbocycles. The summed E-state index contributed by atoms with van der Waals surface area (Å²) in [5.41, 5.74) is 11.7. The first-order valence-electron chi connectivity index (χ1n) is 16.4. The van der Waals surface area contributed by atoms with Gasteiger partial charge in [0.15, 0.2) is 0 Å². The van der Waals surface area contributed by atoms with Crippen molar-refractivity contribution in [3.63, 3.8) is 0 Å². The molecule has 240 valence electrons. The Bertz CT molecular complexity index is 1430. The first-order chi connectivity index (χ1) is 21.8. The highest BCUT2D eigenvalue weighted by molar-refractivity contribution is 5.88. The van der Waals surface area contributed by atoms with Gasteiger partial charge in [0.25, 0.3) is 0 Å². The minimum atomic E-state index is -0.676. The van der Waals surface area contributed by atoms with Crippen LogP contribution in [-0.4, -0.2) is 79.4 Å². The lowest BCUT2D eigenvalue weighted by Crippen LogP contribution is -2.55. The smallest absolute Gasteiger partial charge is 0.226 e. The number of hydrogen-bond acceptors (Lipinski definition) is 6. The molecule has 4 atom stereocenters. The fourth-order valence-electron chi connectivity index (χ4n) is 7.16. The number of nitrogens with two attached hydrogens (primary N) is 1. The number of fused-ring (bicyclic) bond motifs is 1. The number of benzene rings is 3. The van der Waals surface area contributed by atoms with E-state index in [2.05, 4.69) is 84.4 Å². The van der Waals surface area contributed by atoms with Crippen molar-refractivity contribution >= 4 is 11.8 Å². The summed E-state index contributed by atoms with van der Waals surface area (Å²) in [5.74, 6) is -0.808. The van der Waals surface area contributed by atoms with Crippen LogP contribution < -0.4 is 15.8 Å². The monoisotopic (exact) mass is 611 g/mol. The molecule has 2 amide bonds. The molecule has 0 saturated carbocycles. The lowest BCUT2D eigenvalue weighted by atomic mass is 9.78. The van der Waals surface area contributed by atoms with Gasteiger partial charge >= 0.3 is 0 Å². The van der Waals surface area contributed by atoms with E-state index in [1.165, 1.54) is 5.56 Å². The summed E-state index contributed by atoms with van der Waals surface area (Å²) in [6.45, 7) is 12.6. The summed E-state index contributed by atoms with van der Waals surface area (Å²) in [6, 6.07) is 24.5. The van der Waals surface area contributed by atoms with Gasteiger partial charge in [0.05, 0.1) is 25.0 Å². The zero-order valence-corrected chi connectivity index (χ0v) is 27.2. The first-order valence-corrected chi connectivity index (χ1v) is 16.4. The number of piperazine rings is 1. The average Bonchev–Trinajstić information content (AvgIpc) is 3.49. The van der Waals surface area contributed by atoms with Crippen LogP contribution in [0.2, 0.25) is 0 Å². The largest absolute Gasteiger partial charge is 0.496 e. The molecule has 0 bridgehead atoms. The van der Waals surface area contributed by atoms with Gasteiger partial charge in [0, 0.05) is 50.9 Å². The number of rotatable bonds is 13. The molecule has 2 aliphatic heterocycles. The van der Waals surface area contributed by atoms with Gasteiger partial charge in [0.2, 0.25) is 11.8 Å². The minimum absolute atomic E-state index is 0.00258. The highest BCUT2D eigenvalue weighted by atomic mass is 16.5. The topological polar surface area (TPSA) is 91.1 Å². The number of amides is 2. The van der Waals surface area contributed by atoms with Crippen molar-refractivity contribution in [1.82, 2.24) is 20.0 Å². The van der Waals surface area contributed by atoms with Crippen molar-refractivity contribution in [3.05, 3.63) is 101 Å². The number of carbonyl (C=O) groups is 2. The number of likely N-dealkylation sites (N-methyl/N-ethyl adjacent to an activating group) is 1. The van der Waals surface area contributed by atoms with Gasteiger partial charge in [0.1, 0.15) is 5.75 Å². The first kappa shape index (κ1) is 32.7. The summed E-state index contributed by atoms with van der Waals surface area (Å²) in [6.07, 6.45) is 0.457. The molecule has 0 aromatic heterocycles. The third kappa shape index (κ3) is 7.40. The second-order valence-electron chi connectivity index (χ2n) is 12.4. The van der Waals surface area contributed by atoms with E-state index in [0.29, 0.717) is 26.1 Å². The normalized spacial score (nSPS) is 18.8. The van der Waals surface area contributed by atoms with Crippen molar-refractivity contribution in [1.29, 1.82) is 0 Å². The van der Waals surface area contributed by atoms with Crippen molar-refractivity contribution < 1.29 is 14.3 Å². The van der Waals surface area contributed by atoms with Gasteiger partial charge in [-0.1, -0.05) is 86.1 Å². The van der Waals surface area contributed by atoms with Crippen LogP contribution in [0.5, 0.6) is 5.75 Å². The maximum atomic E-state index is 14.5. The summed E-state index contributed by atoms with van der Waals surface area (Å²) in [4.78, 5) is 34.7. The van der Waals surface area contributed by atoms with Gasteiger partial charge in [-0.15, -0.1) is 0 Å². The number of methoxy groups -OCH3 is 1. The Morgan fingerprint density at radius 2 is 1.62 bits per heavy atom. The molecule has 3 aromatic carbocycles. The summed E-state index contributed by atoms with van der Waals surface area (Å²) in [7, 11) is 1.73. The van der Waals surface area contributed by atoms with Gasteiger partial charge in [-0.05, 0) is 49.2 Å². The molecule has 3 N–H and O–H groups in total. The highest BCUT2D eigenvalue weighted by Gasteiger charge is 2.43. The van der Waals surface area contributed by atoms with Crippen LogP contribution in [0.4, 0.5) is 0 Å². The molecule has 2 heterocycles. The van der Waals surface area contributed by atoms with E-state index >= 15 is 0 Å². The van der Waals surface area contributed by atoms with E-state index in [1.807, 2.05) is 29.2 Å². The average molecular weight is 612 g/mol. The van der Waals surface area contributed by atoms with Crippen LogP contribution in [0, 0.1) is 18.8 Å². The fraction of sp³-hybridized carbons (Fsp3) is 0.459. The standard InChI is InChI=1S/C37H49N5O3/c1-5-40(6-2)25-32(30-13-9-10-14-33(30)45-4)41-19-21-42(22-20-41)37(44)31(23-27-17-15-26(3)16-18-27)34(36(38)43)35-29-12-8-7-11-28(29)24-39-35/h7-18,31-32,34-35,39H,5-6,19-25H2,1-4H3,(H2,38,43). The lowest BCUT2D eigenvalue weighted by molar-refractivity contribution is -0.143. The zero-order valence-electron chi connectivity index (χ0n) is 27.2. The molecule has 1 fully saturated rings. The molecule has 1 saturated heterocycles. The van der Waals surface area contributed by atoms with Gasteiger partial charge < -0.3 is 25.6 Å². The van der Waals surface area contributed by atoms with Gasteiger partial charge in [-0.2, -0.15) is 0 Å². The third-order valence-electron chi connectivity index (χ3n) is 9.81. The number of hydrogen-bond donors (Lipinski definition) is 2. The molecule has 45 heavy (non-hydrogen) atoms. The van der Waals surface area contributed by atoms with Crippen LogP contribution >= 0.6 is 0 Å². The molecule has 0 radical (unpaired) electrons.